The van der Waals surface area contributed by atoms with Crippen LogP contribution < -0.4 is 0 Å². The van der Waals surface area contributed by atoms with Gasteiger partial charge in [-0.15, -0.1) is 0 Å². The van der Waals surface area contributed by atoms with E-state index in [4.69, 9.17) is 0 Å². The van der Waals surface area contributed by atoms with Gasteiger partial charge >= 0.3 is 12.4 Å². The van der Waals surface area contributed by atoms with E-state index in [1.54, 1.807) is 0 Å². The average Bonchev–Trinajstić information content (AvgIpc) is 2.59. The number of para-hydroxylation sites is 1. The zero-order valence-corrected chi connectivity index (χ0v) is 13.7. The zero-order valence-electron chi connectivity index (χ0n) is 13.7. The highest BCUT2D eigenvalue weighted by molar-refractivity contribution is 5.91. The first kappa shape index (κ1) is 19.5. The highest BCUT2D eigenvalue weighted by Crippen LogP contribution is 2.43. The molecule has 0 unspecified atom stereocenters. The van der Waals surface area contributed by atoms with Crippen molar-refractivity contribution in [2.75, 3.05) is 0 Å². The molecule has 3 rings (SSSR count). The molecule has 3 aromatic rings. The van der Waals surface area contributed by atoms with Gasteiger partial charge in [0.15, 0.2) is 5.69 Å². The van der Waals surface area contributed by atoms with E-state index in [1.165, 1.54) is 24.4 Å². The number of nitrogens with zero attached hydrogens (tertiary/aromatic N) is 3. The normalized spacial score (nSPS) is 12.4. The molecule has 0 fully saturated rings. The first-order valence-corrected chi connectivity index (χ1v) is 7.63. The third kappa shape index (κ3) is 3.59. The van der Waals surface area contributed by atoms with Crippen molar-refractivity contribution in [3.63, 3.8) is 0 Å². The molecule has 11 heteroatoms. The lowest BCUT2D eigenvalue weighted by Gasteiger charge is -2.18. The fourth-order valence-corrected chi connectivity index (χ4v) is 2.87. The molecule has 28 heavy (non-hydrogen) atoms. The Bertz CT molecular complexity index is 1050. The molecule has 0 aliphatic rings. The van der Waals surface area contributed by atoms with Gasteiger partial charge in [-0.1, -0.05) is 18.2 Å². The molecule has 0 saturated heterocycles. The summed E-state index contributed by atoms with van der Waals surface area (Å²) in [6.07, 6.45) is -8.99. The molecule has 1 aromatic carbocycles. The van der Waals surface area contributed by atoms with E-state index in [0.29, 0.717) is 6.07 Å². The first-order valence-electron chi connectivity index (χ1n) is 7.63. The Balaban J connectivity index is 2.54. The third-order valence-electron chi connectivity index (χ3n) is 3.91. The molecule has 2 heterocycles. The highest BCUT2D eigenvalue weighted by Gasteiger charge is 2.41. The first-order chi connectivity index (χ1) is 13.0. The van der Waals surface area contributed by atoms with E-state index in [-0.39, 0.29) is 11.1 Å². The van der Waals surface area contributed by atoms with Crippen molar-refractivity contribution >= 4 is 10.9 Å². The van der Waals surface area contributed by atoms with Gasteiger partial charge in [-0.3, -0.25) is 15.1 Å². The molecule has 0 N–H and O–H groups in total. The fraction of sp³-hybridized carbons (Fsp3) is 0.176. The number of aromatic nitrogens is 2. The van der Waals surface area contributed by atoms with E-state index < -0.39 is 51.7 Å². The van der Waals surface area contributed by atoms with Crippen molar-refractivity contribution < 1.29 is 31.3 Å². The lowest BCUT2D eigenvalue weighted by Crippen LogP contribution is -2.16. The van der Waals surface area contributed by atoms with Crippen LogP contribution in [0.3, 0.4) is 0 Å². The Kier molecular flexibility index (Phi) is 4.69. The maximum absolute atomic E-state index is 13.7. The maximum Gasteiger partial charge on any atom is 0.434 e. The third-order valence-corrected chi connectivity index (χ3v) is 3.91. The molecule has 0 amide bonds. The molecule has 146 valence electrons. The molecule has 0 aliphatic heterocycles. The van der Waals surface area contributed by atoms with Crippen molar-refractivity contribution in [3.8, 4) is 11.3 Å². The van der Waals surface area contributed by atoms with Crippen molar-refractivity contribution in [2.45, 2.75) is 18.9 Å². The van der Waals surface area contributed by atoms with Crippen LogP contribution in [0.2, 0.25) is 0 Å². The van der Waals surface area contributed by atoms with Crippen molar-refractivity contribution in [3.05, 3.63) is 69.5 Å². The Morgan fingerprint density at radius 3 is 2.21 bits per heavy atom. The van der Waals surface area contributed by atoms with Gasteiger partial charge in [0, 0.05) is 27.6 Å². The van der Waals surface area contributed by atoms with Gasteiger partial charge in [-0.2, -0.15) is 26.3 Å². The molecule has 0 saturated carbocycles. The average molecular weight is 401 g/mol. The van der Waals surface area contributed by atoms with Crippen LogP contribution in [0.15, 0.2) is 42.6 Å². The van der Waals surface area contributed by atoms with Crippen molar-refractivity contribution in [2.24, 2.45) is 0 Å². The summed E-state index contributed by atoms with van der Waals surface area (Å²) < 4.78 is 80.9. The number of fused-ring (bicyclic) bond motifs is 1. The van der Waals surface area contributed by atoms with Gasteiger partial charge in [0.2, 0.25) is 6.54 Å². The summed E-state index contributed by atoms with van der Waals surface area (Å²) in [6, 6.07) is 6.56. The van der Waals surface area contributed by atoms with Gasteiger partial charge in [0.05, 0.1) is 16.8 Å². The lowest BCUT2D eigenvalue weighted by atomic mass is 9.95. The summed E-state index contributed by atoms with van der Waals surface area (Å²) in [5, 5.41) is 10.7. The predicted molar refractivity (Wildman–Crippen MR) is 85.7 cm³/mol. The predicted octanol–water partition coefficient (Wildman–Crippen LogP) is 5.11. The van der Waals surface area contributed by atoms with Crippen molar-refractivity contribution in [1.82, 2.24) is 9.97 Å². The summed E-state index contributed by atoms with van der Waals surface area (Å²) in [5.74, 6) is 0. The number of alkyl halides is 6. The molecule has 0 spiro atoms. The standard InChI is InChI=1S/C17H9F6N3O2/c18-16(19,20)11-5-3-4-9-10(8-26(27)28)13(12-6-1-2-7-24-12)15(17(21,22)23)25-14(9)11/h1-7H,8H2. The fourth-order valence-electron chi connectivity index (χ4n) is 2.87. The molecule has 0 atom stereocenters. The minimum atomic E-state index is -5.16. The molecule has 2 aromatic heterocycles. The topological polar surface area (TPSA) is 68.9 Å². The summed E-state index contributed by atoms with van der Waals surface area (Å²) in [6.45, 7) is -1.13. The monoisotopic (exact) mass is 401 g/mol. The lowest BCUT2D eigenvalue weighted by molar-refractivity contribution is -0.496. The summed E-state index contributed by atoms with van der Waals surface area (Å²) in [5.41, 5.74) is -5.60. The summed E-state index contributed by atoms with van der Waals surface area (Å²) in [4.78, 5) is 17.2. The molecule has 0 aliphatic carbocycles. The van der Waals surface area contributed by atoms with E-state index >= 15 is 0 Å². The van der Waals surface area contributed by atoms with Crippen LogP contribution in [0.1, 0.15) is 16.8 Å². The molecule has 0 bridgehead atoms. The quantitative estimate of drug-likeness (QED) is 0.347. The van der Waals surface area contributed by atoms with Gasteiger partial charge in [0.1, 0.15) is 0 Å². The molecular weight excluding hydrogens is 392 g/mol. The van der Waals surface area contributed by atoms with E-state index in [1.807, 2.05) is 0 Å². The van der Waals surface area contributed by atoms with Crippen LogP contribution in [-0.4, -0.2) is 14.9 Å². The Morgan fingerprint density at radius 1 is 0.964 bits per heavy atom. The molecule has 0 radical (unpaired) electrons. The Morgan fingerprint density at radius 2 is 1.68 bits per heavy atom. The minimum Gasteiger partial charge on any atom is -0.264 e. The minimum absolute atomic E-state index is 0.279. The number of nitro groups is 1. The molecular formula is C17H9F6N3O2. The Hall–Kier alpha value is -3.24. The van der Waals surface area contributed by atoms with Gasteiger partial charge in [-0.05, 0) is 18.2 Å². The number of rotatable bonds is 3. The Labute approximate surface area is 152 Å². The number of benzene rings is 1. The number of pyridine rings is 2. The van der Waals surface area contributed by atoms with Crippen LogP contribution in [-0.2, 0) is 18.9 Å². The number of hydrogen-bond acceptors (Lipinski definition) is 4. The van der Waals surface area contributed by atoms with Gasteiger partial charge < -0.3 is 0 Å². The largest absolute Gasteiger partial charge is 0.434 e. The maximum atomic E-state index is 13.7. The van der Waals surface area contributed by atoms with Crippen LogP contribution in [0.5, 0.6) is 0 Å². The zero-order chi connectivity index (χ0) is 20.7. The highest BCUT2D eigenvalue weighted by atomic mass is 19.4. The second-order valence-electron chi connectivity index (χ2n) is 5.72. The van der Waals surface area contributed by atoms with E-state index in [2.05, 4.69) is 9.97 Å². The van der Waals surface area contributed by atoms with E-state index in [9.17, 15) is 36.5 Å². The smallest absolute Gasteiger partial charge is 0.264 e. The summed E-state index contributed by atoms with van der Waals surface area (Å²) >= 11 is 0. The molecule has 5 nitrogen and oxygen atoms in total. The van der Waals surface area contributed by atoms with Crippen LogP contribution >= 0.6 is 0 Å². The van der Waals surface area contributed by atoms with Crippen LogP contribution in [0.25, 0.3) is 22.2 Å². The van der Waals surface area contributed by atoms with Gasteiger partial charge in [0.25, 0.3) is 0 Å². The van der Waals surface area contributed by atoms with Crippen LogP contribution in [0.4, 0.5) is 26.3 Å². The van der Waals surface area contributed by atoms with Gasteiger partial charge in [-0.25, -0.2) is 4.98 Å². The summed E-state index contributed by atoms with van der Waals surface area (Å²) in [7, 11) is 0. The van der Waals surface area contributed by atoms with Crippen molar-refractivity contribution in [1.29, 1.82) is 0 Å². The second-order valence-corrected chi connectivity index (χ2v) is 5.72. The second kappa shape index (κ2) is 6.73. The van der Waals surface area contributed by atoms with Crippen LogP contribution in [0, 0.1) is 10.1 Å². The SMILES string of the molecule is O=[N+]([O-])Cc1c(-c2ccccn2)c(C(F)(F)F)nc2c(C(F)(F)F)cccc12. The van der Waals surface area contributed by atoms with E-state index in [0.717, 1.165) is 12.1 Å². The number of halogens is 6. The number of hydrogen-bond donors (Lipinski definition) is 0.